The van der Waals surface area contributed by atoms with Crippen LogP contribution in [0, 0.1) is 16.7 Å². The first-order valence-corrected chi connectivity index (χ1v) is 30.7. The summed E-state index contributed by atoms with van der Waals surface area (Å²) < 4.78 is 87.5. The van der Waals surface area contributed by atoms with E-state index in [2.05, 4.69) is 6.92 Å². The second-order valence-corrected chi connectivity index (χ2v) is 25.7. The molecule has 10 rings (SSSR count). The average molecular weight is 1210 g/mol. The van der Waals surface area contributed by atoms with Crippen LogP contribution in [-0.4, -0.2) is 206 Å². The van der Waals surface area contributed by atoms with Gasteiger partial charge in [0.25, 0.3) is 0 Å². The lowest BCUT2D eigenvalue weighted by atomic mass is 9.42. The van der Waals surface area contributed by atoms with Gasteiger partial charge < -0.3 is 91.8 Å². The van der Waals surface area contributed by atoms with Crippen LogP contribution in [0.4, 0.5) is 0 Å². The van der Waals surface area contributed by atoms with E-state index in [-0.39, 0.29) is 31.8 Å². The first-order valence-electron chi connectivity index (χ1n) is 30.7. The fourth-order valence-electron chi connectivity index (χ4n) is 16.1. The summed E-state index contributed by atoms with van der Waals surface area (Å²) in [7, 11) is 6.24. The molecule has 26 atom stereocenters. The maximum absolute atomic E-state index is 14.1. The minimum absolute atomic E-state index is 0.0424. The van der Waals surface area contributed by atoms with Crippen molar-refractivity contribution in [1.29, 1.82) is 0 Å². The number of ether oxygens (including phenoxy) is 14. The Balaban J connectivity index is 0.772. The van der Waals surface area contributed by atoms with Crippen molar-refractivity contribution in [2.45, 2.75) is 252 Å². The van der Waals surface area contributed by atoms with Gasteiger partial charge in [-0.1, -0.05) is 74.0 Å². The number of hydrogen-bond donors (Lipinski definition) is 5. The average Bonchev–Trinajstić information content (AvgIpc) is 1.35. The van der Waals surface area contributed by atoms with Gasteiger partial charge in [0.1, 0.15) is 65.6 Å². The monoisotopic (exact) mass is 1210 g/mol. The number of carbonyl (C=O) groups excluding carboxylic acids is 2. The van der Waals surface area contributed by atoms with Gasteiger partial charge in [-0.25, -0.2) is 9.59 Å². The highest BCUT2D eigenvalue weighted by Crippen LogP contribution is 2.71. The Bertz CT molecular complexity index is 2680. The van der Waals surface area contributed by atoms with Crippen molar-refractivity contribution in [3.05, 3.63) is 89.5 Å². The molecule has 4 heterocycles. The minimum atomic E-state index is -2.00. The van der Waals surface area contributed by atoms with Crippen LogP contribution in [0.2, 0.25) is 0 Å². The first kappa shape index (κ1) is 65.1. The van der Waals surface area contributed by atoms with Gasteiger partial charge in [-0.2, -0.15) is 0 Å². The molecule has 3 saturated carbocycles. The van der Waals surface area contributed by atoms with Crippen LogP contribution < -0.4 is 0 Å². The summed E-state index contributed by atoms with van der Waals surface area (Å²) in [5.74, 6) is -1.95. The van der Waals surface area contributed by atoms with Crippen LogP contribution in [0.3, 0.4) is 0 Å². The van der Waals surface area contributed by atoms with Gasteiger partial charge in [0.2, 0.25) is 0 Å². The number of benzene rings is 2. The van der Waals surface area contributed by atoms with E-state index in [1.54, 1.807) is 78.5 Å². The molecule has 478 valence electrons. The number of aliphatic hydroxyl groups excluding tert-OH is 2. The van der Waals surface area contributed by atoms with E-state index in [0.29, 0.717) is 44.1 Å². The highest BCUT2D eigenvalue weighted by atomic mass is 16.8. The number of rotatable bonds is 18. The summed E-state index contributed by atoms with van der Waals surface area (Å²) in [6.07, 6.45) is -6.53. The van der Waals surface area contributed by atoms with Crippen LogP contribution in [0.1, 0.15) is 129 Å². The molecule has 2 aromatic carbocycles. The number of aliphatic hydroxyl groups is 5. The van der Waals surface area contributed by atoms with Crippen LogP contribution in [-0.2, 0) is 71.1 Å². The maximum Gasteiger partial charge on any atom is 0.338 e. The fourth-order valence-corrected chi connectivity index (χ4v) is 16.1. The summed E-state index contributed by atoms with van der Waals surface area (Å²) in [6, 6.07) is 17.8. The van der Waals surface area contributed by atoms with Gasteiger partial charge in [0, 0.05) is 59.7 Å². The van der Waals surface area contributed by atoms with Crippen molar-refractivity contribution in [3.8, 4) is 0 Å². The van der Waals surface area contributed by atoms with Gasteiger partial charge in [0.05, 0.1) is 59.8 Å². The number of carbonyl (C=O) groups is 2. The Hall–Kier alpha value is -3.82. The van der Waals surface area contributed by atoms with E-state index in [1.165, 1.54) is 13.2 Å². The molecule has 0 amide bonds. The Morgan fingerprint density at radius 2 is 1.19 bits per heavy atom. The highest BCUT2D eigenvalue weighted by Gasteiger charge is 2.81. The molecule has 0 spiro atoms. The molecule has 0 bridgehead atoms. The molecular weight excluding hydrogens is 1120 g/mol. The highest BCUT2D eigenvalue weighted by molar-refractivity contribution is 5.89. The Labute approximate surface area is 504 Å². The molecule has 2 unspecified atom stereocenters. The lowest BCUT2D eigenvalue weighted by molar-refractivity contribution is -0.356. The molecule has 4 saturated heterocycles. The zero-order valence-corrected chi connectivity index (χ0v) is 51.5. The number of hydrogen-bond acceptors (Lipinski definition) is 21. The van der Waals surface area contributed by atoms with Crippen molar-refractivity contribution in [2.24, 2.45) is 16.7 Å². The second kappa shape index (κ2) is 26.2. The predicted molar refractivity (Wildman–Crippen MR) is 308 cm³/mol. The van der Waals surface area contributed by atoms with Crippen molar-refractivity contribution < 1.29 is 101 Å². The Morgan fingerprint density at radius 1 is 0.640 bits per heavy atom. The summed E-state index contributed by atoms with van der Waals surface area (Å²) >= 11 is 0. The normalized spacial score (nSPS) is 45.5. The topological polar surface area (TPSA) is 265 Å². The number of esters is 2. The van der Waals surface area contributed by atoms with Crippen molar-refractivity contribution in [1.82, 2.24) is 0 Å². The lowest BCUT2D eigenvalue weighted by Gasteiger charge is -2.67. The van der Waals surface area contributed by atoms with Crippen LogP contribution >= 0.6 is 0 Å². The smallest absolute Gasteiger partial charge is 0.338 e. The predicted octanol–water partition coefficient (Wildman–Crippen LogP) is 5.86. The summed E-state index contributed by atoms with van der Waals surface area (Å²) in [5, 5.41) is 61.3. The van der Waals surface area contributed by atoms with E-state index in [4.69, 9.17) is 66.3 Å². The first-order chi connectivity index (χ1) is 40.9. The Kier molecular flexibility index (Phi) is 19.8. The van der Waals surface area contributed by atoms with E-state index in [0.717, 1.165) is 11.1 Å². The summed E-state index contributed by atoms with van der Waals surface area (Å²) in [4.78, 5) is 27.5. The van der Waals surface area contributed by atoms with Gasteiger partial charge in [0.15, 0.2) is 25.2 Å². The Morgan fingerprint density at radius 3 is 1.74 bits per heavy atom. The van der Waals surface area contributed by atoms with Gasteiger partial charge in [-0.15, -0.1) is 0 Å². The van der Waals surface area contributed by atoms with Crippen LogP contribution in [0.25, 0.3) is 6.08 Å². The number of fused-ring (bicyclic) bond motifs is 5. The standard InChI is InChI=1S/C65H92O21/c1-35-53(67)58(76-11)54(68)60(80-35)86-57-38(4)79-52(33-46(57)75-10)85-56-37(3)78-51(32-45(56)74-9)84-55-36(2)77-50(31-44(55)73-8)82-43-25-26-61(6)42(30-43)24-27-64(71)47(61)34-48(83-59(69)41-20-16-13-17-21-41)62(7)63(70,28-29-65(62,64)72)39(5)81-49(66)23-22-40-18-14-12-15-19-40/h12-24,35-39,43-48,50-58,60,67-68,70-72H,25-34H2,1-11H3/b23-22+/t35-,36-,37-,38-,39?,43+,44+,45-,46-,47-,48?,50+,51+,52+,53-,54-,55-,56-,57-,58-,60+,61+,62-,63+,64+,65-/m1/s1. The van der Waals surface area contributed by atoms with Crippen molar-refractivity contribution in [3.63, 3.8) is 0 Å². The third-order valence-electron chi connectivity index (χ3n) is 21.1. The molecule has 7 fully saturated rings. The zero-order chi connectivity index (χ0) is 61.7. The van der Waals surface area contributed by atoms with Gasteiger partial charge >= 0.3 is 11.9 Å². The quantitative estimate of drug-likeness (QED) is 0.0664. The van der Waals surface area contributed by atoms with E-state index >= 15 is 0 Å². The third kappa shape index (κ3) is 11.9. The molecule has 4 aliphatic heterocycles. The largest absolute Gasteiger partial charge is 0.458 e. The molecular formula is C65H92O21. The molecule has 21 heteroatoms. The number of methoxy groups -OCH3 is 4. The summed E-state index contributed by atoms with van der Waals surface area (Å²) in [6.45, 7) is 12.7. The SMILES string of the molecule is CO[C@H]1[C@@H](O)[C@H](O[C@@H]2[C@@H](C)O[C@@H](O[C@@H]3[C@@H](C)O[C@@H](O[C@H]4[C@@H](OC)C[C@H](O[C@H]5CC[C@@]6(C)C(=CC[C@]7(O)[C@@H]6CC(OC(=O)c6ccccc6)[C@@]6(C)[C@]7(O)CC[C@]6(O)C(C)OC(=O)/C=C/c6ccccc6)C5)O[C@@H]4C)C[C@H]3OC)C[C@H]2OC)O[C@H](C)[C@H]1O. The zero-order valence-electron chi connectivity index (χ0n) is 51.5. The van der Waals surface area contributed by atoms with Crippen molar-refractivity contribution >= 4 is 18.0 Å². The molecule has 2 aromatic rings. The van der Waals surface area contributed by atoms with Gasteiger partial charge in [-0.05, 0) is 109 Å². The molecule has 21 nitrogen and oxygen atoms in total. The van der Waals surface area contributed by atoms with Crippen LogP contribution in [0.15, 0.2) is 78.4 Å². The molecule has 5 N–H and O–H groups in total. The molecule has 86 heavy (non-hydrogen) atoms. The minimum Gasteiger partial charge on any atom is -0.458 e. The lowest BCUT2D eigenvalue weighted by Crippen LogP contribution is -2.78. The molecule has 4 aliphatic carbocycles. The molecule has 8 aliphatic rings. The van der Waals surface area contributed by atoms with E-state index in [1.807, 2.05) is 57.2 Å². The van der Waals surface area contributed by atoms with E-state index in [9.17, 15) is 35.1 Å². The molecule has 0 radical (unpaired) electrons. The third-order valence-corrected chi connectivity index (χ3v) is 21.1. The molecule has 0 aromatic heterocycles. The van der Waals surface area contributed by atoms with Gasteiger partial charge in [-0.3, -0.25) is 0 Å². The van der Waals surface area contributed by atoms with Crippen LogP contribution in [0.5, 0.6) is 0 Å². The second-order valence-electron chi connectivity index (χ2n) is 25.7. The van der Waals surface area contributed by atoms with E-state index < -0.39 is 162 Å². The fraction of sp³-hybridized carbons (Fsp3) is 0.723. The van der Waals surface area contributed by atoms with Crippen molar-refractivity contribution in [2.75, 3.05) is 28.4 Å². The maximum atomic E-state index is 14.1. The summed E-state index contributed by atoms with van der Waals surface area (Å²) in [5.41, 5.74) is -5.97.